The van der Waals surface area contributed by atoms with Crippen LogP contribution in [0.5, 0.6) is 0 Å². The maximum absolute atomic E-state index is 10.4. The first-order chi connectivity index (χ1) is 11.5. The molecule has 0 radical (unpaired) electrons. The summed E-state index contributed by atoms with van der Waals surface area (Å²) in [6.45, 7) is 2.98. The summed E-state index contributed by atoms with van der Waals surface area (Å²) in [5.74, 6) is 0. The number of methoxy groups -OCH3 is 1. The van der Waals surface area contributed by atoms with Gasteiger partial charge in [0.2, 0.25) is 0 Å². The van der Waals surface area contributed by atoms with Crippen LogP contribution in [-0.2, 0) is 27.9 Å². The maximum atomic E-state index is 10.4. The Labute approximate surface area is 139 Å². The van der Waals surface area contributed by atoms with E-state index in [9.17, 15) is 5.11 Å². The third-order valence-corrected chi connectivity index (χ3v) is 3.99. The molecule has 2 fully saturated rings. The highest BCUT2D eigenvalue weighted by atomic mass is 32.2. The molecule has 0 aromatic carbocycles. The summed E-state index contributed by atoms with van der Waals surface area (Å²) in [7, 11) is 0.578. The molecule has 0 amide bonds. The molecule has 1 N–H and O–H groups in total. The quantitative estimate of drug-likeness (QED) is 0.343. The van der Waals surface area contributed by atoms with E-state index < -0.39 is 32.4 Å². The van der Waals surface area contributed by atoms with Gasteiger partial charge in [-0.3, -0.25) is 0 Å². The summed E-state index contributed by atoms with van der Waals surface area (Å²) in [4.78, 5) is 0. The van der Waals surface area contributed by atoms with E-state index in [4.69, 9.17) is 30.5 Å². The minimum atomic E-state index is -0.954. The lowest BCUT2D eigenvalue weighted by Crippen LogP contribution is -2.63. The van der Waals surface area contributed by atoms with Gasteiger partial charge in [0.1, 0.15) is 32.2 Å². The molecule has 0 spiro atoms. The van der Waals surface area contributed by atoms with Crippen molar-refractivity contribution in [3.05, 3.63) is 0 Å². The van der Waals surface area contributed by atoms with Crippen LogP contribution in [0, 0.1) is 0 Å². The van der Waals surface area contributed by atoms with Crippen molar-refractivity contribution in [2.45, 2.75) is 50.3 Å². The lowest BCUT2D eigenvalue weighted by atomic mass is 9.98. The first kappa shape index (κ1) is 15.7. The summed E-state index contributed by atoms with van der Waals surface area (Å²) < 4.78 is 47.1. The number of hydrogen-bond donors (Lipinski definition) is 1. The van der Waals surface area contributed by atoms with Crippen LogP contribution in [-0.4, -0.2) is 85.1 Å². The molecule has 2 saturated heterocycles. The second-order valence-corrected chi connectivity index (χ2v) is 5.87. The fraction of sp³-hybridized carbons (Fsp3) is 1.00. The van der Waals surface area contributed by atoms with Gasteiger partial charge in [0.25, 0.3) is 0 Å². The number of ether oxygens (including phenoxy) is 5. The standard InChI is InChI=1S/C13H25BO7S/c1-8-18-6-9-11(20-8)12(10(15)13(16-2)21-9)17-4-3-5-19-22-7-14/h8-13,15H,3-7,14H2,1-2H3/t8-,9-,10+,11-,12+,13+/m1/s1/i14TD. The summed E-state index contributed by atoms with van der Waals surface area (Å²) >= 11 is 1.11. The molecular formula is C13H25BO7S. The molecule has 0 bridgehead atoms. The highest BCUT2D eigenvalue weighted by Crippen LogP contribution is 2.30. The van der Waals surface area contributed by atoms with Crippen LogP contribution in [0.1, 0.15) is 13.3 Å². The van der Waals surface area contributed by atoms with E-state index in [0.717, 1.165) is 12.0 Å². The first-order valence-corrected chi connectivity index (χ1v) is 8.28. The summed E-state index contributed by atoms with van der Waals surface area (Å²) in [6, 6.07) is 0. The third kappa shape index (κ3) is 4.81. The van der Waals surface area contributed by atoms with E-state index >= 15 is 0 Å². The van der Waals surface area contributed by atoms with Gasteiger partial charge >= 0.3 is 0 Å². The SMILES string of the molecule is [2H]B([3H])CSOCCCO[C@H]1[C@H](O)[C@@H](OC)O[C@@H]2CO[C@@H](C)O[C@@H]12. The minimum absolute atomic E-state index is 0.310. The van der Waals surface area contributed by atoms with Gasteiger partial charge in [-0.1, -0.05) is 0 Å². The second kappa shape index (κ2) is 9.44. The highest BCUT2D eigenvalue weighted by Gasteiger charge is 2.49. The second-order valence-electron chi connectivity index (χ2n) is 5.07. The van der Waals surface area contributed by atoms with Gasteiger partial charge in [-0.2, -0.15) is 0 Å². The average Bonchev–Trinajstić information content (AvgIpc) is 2.55. The van der Waals surface area contributed by atoms with Gasteiger partial charge in [0.05, 0.1) is 13.2 Å². The summed E-state index contributed by atoms with van der Waals surface area (Å²) in [6.07, 6.45) is -2.83. The van der Waals surface area contributed by atoms with Crippen molar-refractivity contribution in [3.63, 3.8) is 0 Å². The van der Waals surface area contributed by atoms with E-state index in [2.05, 4.69) is 0 Å². The van der Waals surface area contributed by atoms with E-state index in [-0.39, 0.29) is 12.4 Å². The smallest absolute Gasteiger partial charge is 0.186 e. The molecule has 128 valence electrons. The van der Waals surface area contributed by atoms with E-state index in [1.807, 2.05) is 0 Å². The normalized spacial score (nSPS) is 39.8. The number of aliphatic hydroxyl groups is 1. The van der Waals surface area contributed by atoms with Crippen LogP contribution in [0.15, 0.2) is 0 Å². The Hall–Kier alpha value is 0.135. The molecule has 2 aliphatic rings. The van der Waals surface area contributed by atoms with E-state index in [1.54, 1.807) is 6.92 Å². The molecule has 0 aromatic rings. The van der Waals surface area contributed by atoms with Crippen molar-refractivity contribution < 1.29 is 33.0 Å². The Bertz CT molecular complexity index is 371. The Morgan fingerprint density at radius 1 is 1.50 bits per heavy atom. The minimum Gasteiger partial charge on any atom is -0.385 e. The molecule has 9 heteroatoms. The fourth-order valence-corrected chi connectivity index (χ4v) is 2.85. The van der Waals surface area contributed by atoms with Crippen molar-refractivity contribution in [2.24, 2.45) is 0 Å². The predicted molar refractivity (Wildman–Crippen MR) is 83.3 cm³/mol. The van der Waals surface area contributed by atoms with E-state index in [0.29, 0.717) is 31.9 Å². The lowest BCUT2D eigenvalue weighted by molar-refractivity contribution is -0.357. The monoisotopic (exact) mass is 339 g/mol. The molecule has 0 aromatic heterocycles. The molecule has 0 unspecified atom stereocenters. The summed E-state index contributed by atoms with van der Waals surface area (Å²) in [5.41, 5.74) is 0.310. The Balaban J connectivity index is 1.77. The predicted octanol–water partition coefficient (Wildman–Crippen LogP) is -0.489. The Morgan fingerprint density at radius 3 is 3.14 bits per heavy atom. The zero-order chi connectivity index (χ0) is 17.5. The maximum Gasteiger partial charge on any atom is 0.186 e. The molecule has 7 nitrogen and oxygen atoms in total. The molecule has 0 saturated carbocycles. The van der Waals surface area contributed by atoms with Crippen LogP contribution in [0.3, 0.4) is 0 Å². The largest absolute Gasteiger partial charge is 0.385 e. The average molecular weight is 339 g/mol. The summed E-state index contributed by atoms with van der Waals surface area (Å²) in [5, 5.41) is 10.4. The number of rotatable bonds is 9. The van der Waals surface area contributed by atoms with Gasteiger partial charge in [-0.15, -0.1) is 0 Å². The van der Waals surface area contributed by atoms with Crippen LogP contribution in [0.2, 0.25) is 0 Å². The highest BCUT2D eigenvalue weighted by molar-refractivity contribution is 7.95. The molecular weight excluding hydrogens is 311 g/mol. The number of fused-ring (bicyclic) bond motifs is 1. The van der Waals surface area contributed by atoms with Gasteiger partial charge in [0.15, 0.2) is 12.6 Å². The molecule has 2 rings (SSSR count). The van der Waals surface area contributed by atoms with Gasteiger partial charge in [0, 0.05) is 13.7 Å². The van der Waals surface area contributed by atoms with Crippen molar-refractivity contribution in [1.29, 1.82) is 2.67 Å². The van der Waals surface area contributed by atoms with Crippen LogP contribution < -0.4 is 0 Å². The lowest BCUT2D eigenvalue weighted by Gasteiger charge is -2.46. The van der Waals surface area contributed by atoms with Crippen LogP contribution >= 0.6 is 12.0 Å². The first-order valence-electron chi connectivity index (χ1n) is 8.52. The Morgan fingerprint density at radius 2 is 2.36 bits per heavy atom. The van der Waals surface area contributed by atoms with Crippen LogP contribution in [0.4, 0.5) is 0 Å². The van der Waals surface area contributed by atoms with Crippen molar-refractivity contribution in [2.75, 3.05) is 32.6 Å². The number of aliphatic hydroxyl groups excluding tert-OH is 1. The third-order valence-electron chi connectivity index (χ3n) is 3.52. The topological polar surface area (TPSA) is 75.6 Å². The zero-order valence-electron chi connectivity index (χ0n) is 14.9. The fourth-order valence-electron chi connectivity index (χ4n) is 2.51. The molecule has 2 heterocycles. The van der Waals surface area contributed by atoms with Crippen molar-refractivity contribution in [3.8, 4) is 0 Å². The molecule has 0 aliphatic carbocycles. The van der Waals surface area contributed by atoms with Gasteiger partial charge in [-0.05, 0) is 33.7 Å². The Kier molecular flexibility index (Phi) is 6.71. The van der Waals surface area contributed by atoms with E-state index in [1.165, 1.54) is 7.11 Å². The molecule has 2 aliphatic heterocycles. The van der Waals surface area contributed by atoms with Gasteiger partial charge < -0.3 is 33.0 Å². The van der Waals surface area contributed by atoms with Gasteiger partial charge in [-0.25, -0.2) is 0 Å². The molecule has 6 atom stereocenters. The number of hydrogen-bond acceptors (Lipinski definition) is 8. The van der Waals surface area contributed by atoms with Crippen molar-refractivity contribution >= 4 is 19.8 Å². The zero-order valence-corrected chi connectivity index (χ0v) is 13.7. The van der Waals surface area contributed by atoms with Crippen molar-refractivity contribution in [1.82, 2.24) is 0 Å². The molecule has 22 heavy (non-hydrogen) atoms. The van der Waals surface area contributed by atoms with Crippen LogP contribution in [0.25, 0.3) is 0 Å².